The Hall–Kier alpha value is -3.04. The Balaban J connectivity index is 1.31. The van der Waals surface area contributed by atoms with Gasteiger partial charge in [-0.05, 0) is 80.3 Å². The fourth-order valence-electron chi connectivity index (χ4n) is 5.08. The van der Waals surface area contributed by atoms with Crippen LogP contribution in [-0.2, 0) is 6.42 Å². The van der Waals surface area contributed by atoms with E-state index in [1.165, 1.54) is 18.4 Å². The van der Waals surface area contributed by atoms with Crippen molar-refractivity contribution < 1.29 is 13.9 Å². The summed E-state index contributed by atoms with van der Waals surface area (Å²) in [6.45, 7) is 1.87. The fraction of sp³-hybridized carbons (Fsp3) is 0.462. The lowest BCUT2D eigenvalue weighted by atomic mass is 9.84. The predicted octanol–water partition coefficient (Wildman–Crippen LogP) is 4.97. The van der Waals surface area contributed by atoms with Gasteiger partial charge in [0.1, 0.15) is 11.6 Å². The number of hydrogen-bond acceptors (Lipinski definition) is 6. The Morgan fingerprint density at radius 1 is 1.16 bits per heavy atom. The summed E-state index contributed by atoms with van der Waals surface area (Å²) in [4.78, 5) is 4.62. The number of aromatic nitrogens is 1. The summed E-state index contributed by atoms with van der Waals surface area (Å²) in [7, 11) is 1.70. The van der Waals surface area contributed by atoms with Gasteiger partial charge in [0.05, 0.1) is 18.8 Å². The van der Waals surface area contributed by atoms with Gasteiger partial charge in [-0.15, -0.1) is 0 Å². The lowest BCUT2D eigenvalue weighted by Gasteiger charge is -2.30. The van der Waals surface area contributed by atoms with Crippen LogP contribution in [0.1, 0.15) is 55.0 Å². The first-order valence-corrected chi connectivity index (χ1v) is 11.6. The van der Waals surface area contributed by atoms with Crippen molar-refractivity contribution in [2.45, 2.75) is 50.5 Å². The normalized spacial score (nSPS) is 21.5. The van der Waals surface area contributed by atoms with Crippen molar-refractivity contribution in [1.82, 2.24) is 10.3 Å². The minimum absolute atomic E-state index is 0.300. The summed E-state index contributed by atoms with van der Waals surface area (Å²) in [5.41, 5.74) is 3.18. The maximum absolute atomic E-state index is 9.32. The lowest BCUT2D eigenvalue weighted by molar-refractivity contribution is 0.200. The monoisotopic (exact) mass is 431 g/mol. The van der Waals surface area contributed by atoms with Crippen molar-refractivity contribution >= 4 is 11.1 Å². The van der Waals surface area contributed by atoms with E-state index < -0.39 is 0 Å². The number of benzene rings is 2. The van der Waals surface area contributed by atoms with E-state index in [9.17, 15) is 5.26 Å². The Kier molecular flexibility index (Phi) is 6.00. The number of hydrogen-bond donors (Lipinski definition) is 1. The van der Waals surface area contributed by atoms with Gasteiger partial charge in [0.2, 0.25) is 0 Å². The fourth-order valence-corrected chi connectivity index (χ4v) is 5.08. The second-order valence-electron chi connectivity index (χ2n) is 8.97. The quantitative estimate of drug-likeness (QED) is 0.594. The third-order valence-corrected chi connectivity index (χ3v) is 6.74. The Morgan fingerprint density at radius 3 is 2.84 bits per heavy atom. The molecule has 6 heteroatoms. The first-order valence-electron chi connectivity index (χ1n) is 11.6. The van der Waals surface area contributed by atoms with E-state index in [1.54, 1.807) is 13.2 Å². The second-order valence-corrected chi connectivity index (χ2v) is 8.97. The molecule has 1 aromatic heterocycles. The van der Waals surface area contributed by atoms with Gasteiger partial charge in [-0.3, -0.25) is 0 Å². The number of nitrogens with one attached hydrogen (secondary N) is 1. The van der Waals surface area contributed by atoms with Gasteiger partial charge in [0.15, 0.2) is 23.0 Å². The molecule has 0 radical (unpaired) electrons. The molecule has 0 bridgehead atoms. The summed E-state index contributed by atoms with van der Waals surface area (Å²) in [6, 6.07) is 14.1. The van der Waals surface area contributed by atoms with Crippen molar-refractivity contribution in [3.8, 4) is 17.6 Å². The van der Waals surface area contributed by atoms with Crippen LogP contribution in [0.3, 0.4) is 0 Å². The maximum atomic E-state index is 9.32. The molecule has 2 aliphatic rings. The molecule has 6 nitrogen and oxygen atoms in total. The summed E-state index contributed by atoms with van der Waals surface area (Å²) >= 11 is 0. The molecular formula is C26H29N3O3. The Morgan fingerprint density at radius 2 is 2.03 bits per heavy atom. The van der Waals surface area contributed by atoms with Gasteiger partial charge in [-0.1, -0.05) is 12.1 Å². The highest BCUT2D eigenvalue weighted by molar-refractivity contribution is 5.79. The van der Waals surface area contributed by atoms with Crippen molar-refractivity contribution in [2.24, 2.45) is 5.92 Å². The summed E-state index contributed by atoms with van der Waals surface area (Å²) in [5, 5.41) is 12.9. The summed E-state index contributed by atoms with van der Waals surface area (Å²) < 4.78 is 17.8. The van der Waals surface area contributed by atoms with Gasteiger partial charge >= 0.3 is 0 Å². The van der Waals surface area contributed by atoms with Crippen molar-refractivity contribution in [3.05, 3.63) is 53.4 Å². The molecule has 1 saturated carbocycles. The number of para-hydroxylation sites is 1. The molecular weight excluding hydrogens is 402 g/mol. The first-order chi connectivity index (χ1) is 15.7. The van der Waals surface area contributed by atoms with Crippen LogP contribution < -0.4 is 14.8 Å². The zero-order valence-corrected chi connectivity index (χ0v) is 18.5. The van der Waals surface area contributed by atoms with E-state index in [2.05, 4.69) is 28.5 Å². The number of rotatable bonds is 6. The lowest BCUT2D eigenvalue weighted by Crippen LogP contribution is -2.36. The average molecular weight is 432 g/mol. The molecule has 5 rings (SSSR count). The van der Waals surface area contributed by atoms with Crippen LogP contribution in [0, 0.1) is 17.2 Å². The van der Waals surface area contributed by atoms with Gasteiger partial charge in [0, 0.05) is 13.0 Å². The highest BCUT2D eigenvalue weighted by Crippen LogP contribution is 2.37. The molecule has 1 N–H and O–H groups in total. The average Bonchev–Trinajstić information content (AvgIpc) is 3.48. The van der Waals surface area contributed by atoms with Crippen molar-refractivity contribution in [1.29, 1.82) is 5.26 Å². The van der Waals surface area contributed by atoms with Gasteiger partial charge in [0.25, 0.3) is 0 Å². The van der Waals surface area contributed by atoms with E-state index in [1.807, 2.05) is 18.2 Å². The molecule has 2 atom stereocenters. The molecule has 1 aliphatic carbocycles. The third-order valence-electron chi connectivity index (χ3n) is 6.74. The zero-order valence-electron chi connectivity index (χ0n) is 18.5. The SMILES string of the molecule is COc1ccc([C@H]2CNC[C@@H](Cc3nc4c(C#N)cccc4o3)C2)cc1OC1CCCC1. The van der Waals surface area contributed by atoms with Crippen LogP contribution in [0.5, 0.6) is 11.5 Å². The van der Waals surface area contributed by atoms with Crippen molar-refractivity contribution in [2.75, 3.05) is 20.2 Å². The van der Waals surface area contributed by atoms with E-state index in [4.69, 9.17) is 13.9 Å². The van der Waals surface area contributed by atoms with E-state index in [0.29, 0.717) is 40.5 Å². The zero-order chi connectivity index (χ0) is 21.9. The molecule has 3 aromatic rings. The van der Waals surface area contributed by atoms with Crippen molar-refractivity contribution in [3.63, 3.8) is 0 Å². The molecule has 2 aromatic carbocycles. The minimum Gasteiger partial charge on any atom is -0.493 e. The molecule has 2 fully saturated rings. The topological polar surface area (TPSA) is 80.3 Å². The maximum Gasteiger partial charge on any atom is 0.195 e. The number of piperidine rings is 1. The predicted molar refractivity (Wildman–Crippen MR) is 122 cm³/mol. The molecule has 0 amide bonds. The van der Waals surface area contributed by atoms with Crippen LogP contribution >= 0.6 is 0 Å². The van der Waals surface area contributed by atoms with E-state index in [0.717, 1.165) is 50.3 Å². The molecule has 0 spiro atoms. The molecule has 1 aliphatic heterocycles. The standard InChI is InChI=1S/C26H29N3O3/c1-30-22-10-9-18(13-24(22)31-21-6-2-3-7-21)20-11-17(15-28-16-20)12-25-29-26-19(14-27)5-4-8-23(26)32-25/h4-5,8-10,13,17,20-21,28H,2-3,6-7,11-12,15-16H2,1H3/t17-,20-/m1/s1. The van der Waals surface area contributed by atoms with Crippen LogP contribution in [-0.4, -0.2) is 31.3 Å². The second kappa shape index (κ2) is 9.22. The molecule has 166 valence electrons. The van der Waals surface area contributed by atoms with Crippen LogP contribution in [0.25, 0.3) is 11.1 Å². The van der Waals surface area contributed by atoms with Crippen LogP contribution in [0.4, 0.5) is 0 Å². The number of fused-ring (bicyclic) bond motifs is 1. The number of nitriles is 1. The number of oxazole rings is 1. The molecule has 32 heavy (non-hydrogen) atoms. The number of methoxy groups -OCH3 is 1. The number of nitrogens with zero attached hydrogens (tertiary/aromatic N) is 2. The van der Waals surface area contributed by atoms with Gasteiger partial charge in [-0.2, -0.15) is 5.26 Å². The first kappa shape index (κ1) is 20.8. The highest BCUT2D eigenvalue weighted by atomic mass is 16.5. The smallest absolute Gasteiger partial charge is 0.195 e. The highest BCUT2D eigenvalue weighted by Gasteiger charge is 2.26. The molecule has 2 heterocycles. The van der Waals surface area contributed by atoms with Gasteiger partial charge in [-0.25, -0.2) is 4.98 Å². The molecule has 0 unspecified atom stereocenters. The Labute approximate surface area is 188 Å². The third kappa shape index (κ3) is 4.31. The summed E-state index contributed by atoms with van der Waals surface area (Å²) in [5.74, 6) is 3.18. The summed E-state index contributed by atoms with van der Waals surface area (Å²) in [6.07, 6.45) is 6.83. The largest absolute Gasteiger partial charge is 0.493 e. The Bertz CT molecular complexity index is 1130. The van der Waals surface area contributed by atoms with Gasteiger partial charge < -0.3 is 19.2 Å². The van der Waals surface area contributed by atoms with E-state index in [-0.39, 0.29) is 0 Å². The number of ether oxygens (including phenoxy) is 2. The van der Waals surface area contributed by atoms with Crippen LogP contribution in [0.15, 0.2) is 40.8 Å². The molecule has 1 saturated heterocycles. The van der Waals surface area contributed by atoms with Crippen LogP contribution in [0.2, 0.25) is 0 Å². The minimum atomic E-state index is 0.300. The van der Waals surface area contributed by atoms with E-state index >= 15 is 0 Å².